The third-order valence-corrected chi connectivity index (χ3v) is 3.14. The molecule has 2 heterocycles. The van der Waals surface area contributed by atoms with Crippen LogP contribution in [0.25, 0.3) is 11.4 Å². The van der Waals surface area contributed by atoms with Crippen LogP contribution in [0.1, 0.15) is 11.3 Å². The molecule has 0 bridgehead atoms. The minimum Gasteiger partial charge on any atom is -0.293 e. The monoisotopic (exact) mass is 265 g/mol. The van der Waals surface area contributed by atoms with Crippen LogP contribution in [0.5, 0.6) is 0 Å². The Morgan fingerprint density at radius 3 is 2.65 bits per heavy atom. The van der Waals surface area contributed by atoms with Gasteiger partial charge in [-0.25, -0.2) is 4.68 Å². The summed E-state index contributed by atoms with van der Waals surface area (Å²) < 4.78 is 1.59. The highest BCUT2D eigenvalue weighted by Gasteiger charge is 2.06. The zero-order valence-corrected chi connectivity index (χ0v) is 11.2. The number of hydrogen-bond acceptors (Lipinski definition) is 2. The van der Waals surface area contributed by atoms with Gasteiger partial charge < -0.3 is 0 Å². The number of aromatic amines is 1. The second-order valence-electron chi connectivity index (χ2n) is 4.74. The summed E-state index contributed by atoms with van der Waals surface area (Å²) in [7, 11) is 0. The number of hydrogen-bond donors (Lipinski definition) is 1. The van der Waals surface area contributed by atoms with Crippen molar-refractivity contribution in [3.8, 4) is 11.4 Å². The van der Waals surface area contributed by atoms with Crippen molar-refractivity contribution < 1.29 is 0 Å². The molecule has 100 valence electrons. The Morgan fingerprint density at radius 2 is 1.90 bits per heavy atom. The Morgan fingerprint density at radius 1 is 1.10 bits per heavy atom. The molecular formula is C16H15N3O. The van der Waals surface area contributed by atoms with Crippen LogP contribution in [0.3, 0.4) is 0 Å². The molecule has 0 unspecified atom stereocenters. The average molecular weight is 265 g/mol. The first kappa shape index (κ1) is 12.4. The average Bonchev–Trinajstić information content (AvgIpc) is 2.81. The molecule has 0 fully saturated rings. The van der Waals surface area contributed by atoms with E-state index in [0.717, 1.165) is 22.6 Å². The summed E-state index contributed by atoms with van der Waals surface area (Å²) in [6.45, 7) is 2.47. The molecule has 0 saturated carbocycles. The molecule has 2 aromatic heterocycles. The molecule has 4 nitrogen and oxygen atoms in total. The van der Waals surface area contributed by atoms with E-state index in [1.165, 1.54) is 0 Å². The standard InChI is InChI=1S/C16H15N3O/c1-12-6-5-9-14(17-12)15-10-16(20)19(18-15)11-13-7-3-2-4-8-13/h2-10,18H,11H2,1H3. The summed E-state index contributed by atoms with van der Waals surface area (Å²) in [5.41, 5.74) is 3.50. The zero-order valence-electron chi connectivity index (χ0n) is 11.2. The number of aromatic nitrogens is 3. The van der Waals surface area contributed by atoms with Crippen LogP contribution in [-0.4, -0.2) is 14.8 Å². The first-order valence-electron chi connectivity index (χ1n) is 6.50. The van der Waals surface area contributed by atoms with Crippen LogP contribution in [0.2, 0.25) is 0 Å². The third kappa shape index (κ3) is 2.54. The Kier molecular flexibility index (Phi) is 3.21. The van der Waals surface area contributed by atoms with Gasteiger partial charge in [-0.2, -0.15) is 0 Å². The number of rotatable bonds is 3. The summed E-state index contributed by atoms with van der Waals surface area (Å²) in [6.07, 6.45) is 0. The maximum absolute atomic E-state index is 12.0. The van der Waals surface area contributed by atoms with Crippen LogP contribution in [0.15, 0.2) is 59.4 Å². The fraction of sp³-hybridized carbons (Fsp3) is 0.125. The lowest BCUT2D eigenvalue weighted by molar-refractivity contribution is 0.665. The van der Waals surface area contributed by atoms with Gasteiger partial charge in [0.15, 0.2) is 0 Å². The van der Waals surface area contributed by atoms with E-state index in [4.69, 9.17) is 0 Å². The van der Waals surface area contributed by atoms with Gasteiger partial charge in [0.2, 0.25) is 0 Å². The molecule has 0 spiro atoms. The van der Waals surface area contributed by atoms with Gasteiger partial charge in [-0.1, -0.05) is 36.4 Å². The van der Waals surface area contributed by atoms with Gasteiger partial charge in [-0.3, -0.25) is 14.9 Å². The predicted molar refractivity (Wildman–Crippen MR) is 78.6 cm³/mol. The van der Waals surface area contributed by atoms with E-state index < -0.39 is 0 Å². The number of pyridine rings is 1. The molecule has 0 amide bonds. The molecule has 0 saturated heterocycles. The molecule has 0 radical (unpaired) electrons. The summed E-state index contributed by atoms with van der Waals surface area (Å²) in [4.78, 5) is 16.4. The molecule has 4 heteroatoms. The molecular weight excluding hydrogens is 250 g/mol. The normalized spacial score (nSPS) is 10.7. The van der Waals surface area contributed by atoms with Crippen molar-refractivity contribution in [2.45, 2.75) is 13.5 Å². The van der Waals surface area contributed by atoms with Crippen molar-refractivity contribution in [3.05, 3.63) is 76.2 Å². The molecule has 0 atom stereocenters. The van der Waals surface area contributed by atoms with Crippen LogP contribution >= 0.6 is 0 Å². The van der Waals surface area contributed by atoms with E-state index >= 15 is 0 Å². The van der Waals surface area contributed by atoms with Gasteiger partial charge in [0.25, 0.3) is 5.56 Å². The largest absolute Gasteiger partial charge is 0.293 e. The second-order valence-corrected chi connectivity index (χ2v) is 4.74. The summed E-state index contributed by atoms with van der Waals surface area (Å²) in [5.74, 6) is 0. The molecule has 1 N–H and O–H groups in total. The lowest BCUT2D eigenvalue weighted by Crippen LogP contribution is -2.16. The zero-order chi connectivity index (χ0) is 13.9. The lowest BCUT2D eigenvalue weighted by atomic mass is 10.2. The highest BCUT2D eigenvalue weighted by atomic mass is 16.1. The van der Waals surface area contributed by atoms with E-state index in [1.807, 2.05) is 55.5 Å². The summed E-state index contributed by atoms with van der Waals surface area (Å²) in [5, 5.41) is 3.12. The SMILES string of the molecule is Cc1cccc(-c2cc(=O)n(Cc3ccccc3)[nH]2)n1. The number of aryl methyl sites for hydroxylation is 1. The number of nitrogens with zero attached hydrogens (tertiary/aromatic N) is 2. The maximum atomic E-state index is 12.0. The number of nitrogens with one attached hydrogen (secondary N) is 1. The van der Waals surface area contributed by atoms with Gasteiger partial charge in [0, 0.05) is 11.8 Å². The van der Waals surface area contributed by atoms with E-state index in [1.54, 1.807) is 10.7 Å². The van der Waals surface area contributed by atoms with Gasteiger partial charge >= 0.3 is 0 Å². The van der Waals surface area contributed by atoms with Crippen molar-refractivity contribution in [2.75, 3.05) is 0 Å². The Bertz CT molecular complexity index is 772. The minimum atomic E-state index is -0.0489. The third-order valence-electron chi connectivity index (χ3n) is 3.14. The number of H-pyrrole nitrogens is 1. The fourth-order valence-electron chi connectivity index (χ4n) is 2.14. The fourth-order valence-corrected chi connectivity index (χ4v) is 2.14. The van der Waals surface area contributed by atoms with Crippen LogP contribution < -0.4 is 5.56 Å². The summed E-state index contributed by atoms with van der Waals surface area (Å²) >= 11 is 0. The van der Waals surface area contributed by atoms with Crippen molar-refractivity contribution in [3.63, 3.8) is 0 Å². The van der Waals surface area contributed by atoms with Gasteiger partial charge in [-0.15, -0.1) is 0 Å². The quantitative estimate of drug-likeness (QED) is 0.791. The van der Waals surface area contributed by atoms with Gasteiger partial charge in [0.05, 0.1) is 17.9 Å². The topological polar surface area (TPSA) is 50.7 Å². The molecule has 3 rings (SSSR count). The first-order chi connectivity index (χ1) is 9.72. The van der Waals surface area contributed by atoms with Crippen molar-refractivity contribution >= 4 is 0 Å². The summed E-state index contributed by atoms with van der Waals surface area (Å²) in [6, 6.07) is 17.2. The number of benzene rings is 1. The van der Waals surface area contributed by atoms with Crippen molar-refractivity contribution in [1.82, 2.24) is 14.8 Å². The Balaban J connectivity index is 1.94. The van der Waals surface area contributed by atoms with E-state index in [9.17, 15) is 4.79 Å². The predicted octanol–water partition coefficient (Wildman–Crippen LogP) is 2.60. The minimum absolute atomic E-state index is 0.0489. The van der Waals surface area contributed by atoms with E-state index in [0.29, 0.717) is 6.54 Å². The van der Waals surface area contributed by atoms with Gasteiger partial charge in [-0.05, 0) is 24.6 Å². The maximum Gasteiger partial charge on any atom is 0.267 e. The van der Waals surface area contributed by atoms with Crippen molar-refractivity contribution in [1.29, 1.82) is 0 Å². The van der Waals surface area contributed by atoms with Crippen molar-refractivity contribution in [2.24, 2.45) is 0 Å². The van der Waals surface area contributed by atoms with Crippen LogP contribution in [-0.2, 0) is 6.54 Å². The van der Waals surface area contributed by atoms with E-state index in [-0.39, 0.29) is 5.56 Å². The molecule has 3 aromatic rings. The molecule has 0 aliphatic rings. The van der Waals surface area contributed by atoms with Gasteiger partial charge in [0.1, 0.15) is 0 Å². The highest BCUT2D eigenvalue weighted by molar-refractivity contribution is 5.53. The lowest BCUT2D eigenvalue weighted by Gasteiger charge is -2.02. The van der Waals surface area contributed by atoms with E-state index in [2.05, 4.69) is 10.1 Å². The van der Waals surface area contributed by atoms with Crippen LogP contribution in [0.4, 0.5) is 0 Å². The smallest absolute Gasteiger partial charge is 0.267 e. The second kappa shape index (κ2) is 5.17. The Labute approximate surface area is 116 Å². The Hall–Kier alpha value is -2.62. The molecule has 0 aliphatic carbocycles. The van der Waals surface area contributed by atoms with Crippen LogP contribution in [0, 0.1) is 6.92 Å². The first-order valence-corrected chi connectivity index (χ1v) is 6.50. The highest BCUT2D eigenvalue weighted by Crippen LogP contribution is 2.13. The molecule has 1 aromatic carbocycles. The molecule has 20 heavy (non-hydrogen) atoms. The molecule has 0 aliphatic heterocycles.